The molecule has 0 unspecified atom stereocenters. The molecule has 1 N–H and O–H groups in total. The Labute approximate surface area is 101 Å². The van der Waals surface area contributed by atoms with E-state index in [1.54, 1.807) is 12.1 Å². The fourth-order valence-corrected chi connectivity index (χ4v) is 1.19. The van der Waals surface area contributed by atoms with Gasteiger partial charge in [-0.15, -0.1) is 11.6 Å². The summed E-state index contributed by atoms with van der Waals surface area (Å²) in [4.78, 5) is 11.1. The predicted molar refractivity (Wildman–Crippen MR) is 66.1 cm³/mol. The number of hydrogen-bond donors (Lipinski definition) is 1. The molecule has 0 aliphatic heterocycles. The van der Waals surface area contributed by atoms with Crippen LogP contribution in [0.2, 0.25) is 0 Å². The van der Waals surface area contributed by atoms with E-state index >= 15 is 0 Å². The SMILES string of the molecule is CC(C)COc1cccc(NC(=O)CCl)c1. The average molecular weight is 242 g/mol. The van der Waals surface area contributed by atoms with Crippen molar-refractivity contribution in [2.24, 2.45) is 5.92 Å². The normalized spacial score (nSPS) is 10.2. The lowest BCUT2D eigenvalue weighted by molar-refractivity contribution is -0.113. The van der Waals surface area contributed by atoms with Crippen LogP contribution in [0.3, 0.4) is 0 Å². The zero-order valence-electron chi connectivity index (χ0n) is 9.50. The van der Waals surface area contributed by atoms with Gasteiger partial charge in [-0.05, 0) is 18.1 Å². The van der Waals surface area contributed by atoms with Crippen LogP contribution in [-0.2, 0) is 4.79 Å². The molecule has 0 saturated carbocycles. The molecule has 0 aliphatic carbocycles. The minimum Gasteiger partial charge on any atom is -0.493 e. The molecule has 0 bridgehead atoms. The van der Waals surface area contributed by atoms with Crippen molar-refractivity contribution < 1.29 is 9.53 Å². The van der Waals surface area contributed by atoms with Crippen LogP contribution in [0.15, 0.2) is 24.3 Å². The number of nitrogens with one attached hydrogen (secondary N) is 1. The van der Waals surface area contributed by atoms with Crippen molar-refractivity contribution in [1.29, 1.82) is 0 Å². The van der Waals surface area contributed by atoms with Crippen LogP contribution in [0.4, 0.5) is 5.69 Å². The van der Waals surface area contributed by atoms with Gasteiger partial charge in [0.15, 0.2) is 0 Å². The molecule has 1 rings (SSSR count). The molecule has 1 aromatic carbocycles. The summed E-state index contributed by atoms with van der Waals surface area (Å²) in [6, 6.07) is 7.28. The van der Waals surface area contributed by atoms with E-state index < -0.39 is 0 Å². The Kier molecular flexibility index (Phi) is 5.12. The molecule has 0 aliphatic rings. The summed E-state index contributed by atoms with van der Waals surface area (Å²) in [5.41, 5.74) is 0.701. The average Bonchev–Trinajstić information content (AvgIpc) is 2.26. The highest BCUT2D eigenvalue weighted by Crippen LogP contribution is 2.17. The highest BCUT2D eigenvalue weighted by Gasteiger charge is 2.02. The Hall–Kier alpha value is -1.22. The van der Waals surface area contributed by atoms with E-state index in [2.05, 4.69) is 19.2 Å². The number of amides is 1. The van der Waals surface area contributed by atoms with Crippen LogP contribution in [0.5, 0.6) is 5.75 Å². The fourth-order valence-electron chi connectivity index (χ4n) is 1.12. The van der Waals surface area contributed by atoms with E-state index in [1.807, 2.05) is 12.1 Å². The van der Waals surface area contributed by atoms with Gasteiger partial charge in [0, 0.05) is 11.8 Å². The summed E-state index contributed by atoms with van der Waals surface area (Å²) in [5.74, 6) is 0.960. The van der Waals surface area contributed by atoms with Crippen LogP contribution in [-0.4, -0.2) is 18.4 Å². The highest BCUT2D eigenvalue weighted by atomic mass is 35.5. The smallest absolute Gasteiger partial charge is 0.239 e. The van der Waals surface area contributed by atoms with Crippen molar-refractivity contribution in [2.45, 2.75) is 13.8 Å². The van der Waals surface area contributed by atoms with Gasteiger partial charge >= 0.3 is 0 Å². The first-order chi connectivity index (χ1) is 7.61. The van der Waals surface area contributed by atoms with E-state index in [0.717, 1.165) is 5.75 Å². The molecule has 1 amide bonds. The Morgan fingerprint density at radius 3 is 2.88 bits per heavy atom. The quantitative estimate of drug-likeness (QED) is 0.805. The third kappa shape index (κ3) is 4.53. The first kappa shape index (κ1) is 12.8. The van der Waals surface area contributed by atoms with Crippen molar-refractivity contribution in [2.75, 3.05) is 17.8 Å². The lowest BCUT2D eigenvalue weighted by atomic mass is 10.2. The first-order valence-electron chi connectivity index (χ1n) is 5.20. The van der Waals surface area contributed by atoms with Gasteiger partial charge in [0.2, 0.25) is 5.91 Å². The van der Waals surface area contributed by atoms with Crippen molar-refractivity contribution in [1.82, 2.24) is 0 Å². The number of alkyl halides is 1. The Bertz CT molecular complexity index is 353. The first-order valence-corrected chi connectivity index (χ1v) is 5.74. The van der Waals surface area contributed by atoms with E-state index in [0.29, 0.717) is 18.2 Å². The number of ether oxygens (including phenoxy) is 1. The molecule has 16 heavy (non-hydrogen) atoms. The topological polar surface area (TPSA) is 38.3 Å². The second-order valence-corrected chi connectivity index (χ2v) is 4.18. The van der Waals surface area contributed by atoms with Gasteiger partial charge in [0.05, 0.1) is 6.61 Å². The monoisotopic (exact) mass is 241 g/mol. The molecule has 0 spiro atoms. The molecule has 0 aromatic heterocycles. The summed E-state index contributed by atoms with van der Waals surface area (Å²) in [6.45, 7) is 4.82. The summed E-state index contributed by atoms with van der Waals surface area (Å²) in [6.07, 6.45) is 0. The van der Waals surface area contributed by atoms with Gasteiger partial charge in [0.1, 0.15) is 11.6 Å². The maximum atomic E-state index is 11.1. The summed E-state index contributed by atoms with van der Waals surface area (Å²) < 4.78 is 5.54. The second kappa shape index (κ2) is 6.38. The molecule has 88 valence electrons. The summed E-state index contributed by atoms with van der Waals surface area (Å²) in [5, 5.41) is 2.67. The third-order valence-electron chi connectivity index (χ3n) is 1.82. The van der Waals surface area contributed by atoms with Gasteiger partial charge in [-0.1, -0.05) is 19.9 Å². The van der Waals surface area contributed by atoms with Crippen LogP contribution in [0, 0.1) is 5.92 Å². The molecule has 1 aromatic rings. The second-order valence-electron chi connectivity index (χ2n) is 3.91. The molecular weight excluding hydrogens is 226 g/mol. The number of halogens is 1. The fraction of sp³-hybridized carbons (Fsp3) is 0.417. The molecular formula is C12H16ClNO2. The summed E-state index contributed by atoms with van der Waals surface area (Å²) >= 11 is 5.40. The molecule has 4 heteroatoms. The standard InChI is InChI=1S/C12H16ClNO2/c1-9(2)8-16-11-5-3-4-10(6-11)14-12(15)7-13/h3-6,9H,7-8H2,1-2H3,(H,14,15). The lowest BCUT2D eigenvalue weighted by Gasteiger charge is -2.10. The van der Waals surface area contributed by atoms with Crippen molar-refractivity contribution >= 4 is 23.2 Å². The molecule has 0 atom stereocenters. The van der Waals surface area contributed by atoms with Gasteiger partial charge in [-0.25, -0.2) is 0 Å². The van der Waals surface area contributed by atoms with Gasteiger partial charge in [-0.2, -0.15) is 0 Å². The van der Waals surface area contributed by atoms with Crippen LogP contribution in [0.25, 0.3) is 0 Å². The number of carbonyl (C=O) groups excluding carboxylic acids is 1. The van der Waals surface area contributed by atoms with E-state index in [9.17, 15) is 4.79 Å². The minimum atomic E-state index is -0.220. The van der Waals surface area contributed by atoms with Gasteiger partial charge < -0.3 is 10.1 Å². The lowest BCUT2D eigenvalue weighted by Crippen LogP contribution is -2.12. The zero-order valence-corrected chi connectivity index (χ0v) is 10.3. The summed E-state index contributed by atoms with van der Waals surface area (Å²) in [7, 11) is 0. The Balaban J connectivity index is 2.60. The Morgan fingerprint density at radius 2 is 2.25 bits per heavy atom. The largest absolute Gasteiger partial charge is 0.493 e. The molecule has 0 heterocycles. The molecule has 0 saturated heterocycles. The van der Waals surface area contributed by atoms with E-state index in [4.69, 9.17) is 16.3 Å². The van der Waals surface area contributed by atoms with Gasteiger partial charge in [-0.3, -0.25) is 4.79 Å². The van der Waals surface area contributed by atoms with Gasteiger partial charge in [0.25, 0.3) is 0 Å². The van der Waals surface area contributed by atoms with Crippen LogP contribution < -0.4 is 10.1 Å². The number of rotatable bonds is 5. The minimum absolute atomic E-state index is 0.0446. The number of hydrogen-bond acceptors (Lipinski definition) is 2. The van der Waals surface area contributed by atoms with Crippen molar-refractivity contribution in [3.05, 3.63) is 24.3 Å². The van der Waals surface area contributed by atoms with E-state index in [-0.39, 0.29) is 11.8 Å². The number of benzene rings is 1. The number of carbonyl (C=O) groups is 1. The maximum absolute atomic E-state index is 11.1. The number of anilines is 1. The van der Waals surface area contributed by atoms with E-state index in [1.165, 1.54) is 0 Å². The molecule has 3 nitrogen and oxygen atoms in total. The molecule has 0 fully saturated rings. The predicted octanol–water partition coefficient (Wildman–Crippen LogP) is 2.90. The maximum Gasteiger partial charge on any atom is 0.239 e. The zero-order chi connectivity index (χ0) is 12.0. The van der Waals surface area contributed by atoms with Crippen LogP contribution >= 0.6 is 11.6 Å². The van der Waals surface area contributed by atoms with Crippen LogP contribution in [0.1, 0.15) is 13.8 Å². The molecule has 0 radical (unpaired) electrons. The van der Waals surface area contributed by atoms with Crippen molar-refractivity contribution in [3.63, 3.8) is 0 Å². The highest BCUT2D eigenvalue weighted by molar-refractivity contribution is 6.29. The third-order valence-corrected chi connectivity index (χ3v) is 2.07. The van der Waals surface area contributed by atoms with Crippen molar-refractivity contribution in [3.8, 4) is 5.75 Å². The Morgan fingerprint density at radius 1 is 1.50 bits per heavy atom.